The van der Waals surface area contributed by atoms with Crippen molar-refractivity contribution in [1.29, 1.82) is 0 Å². The van der Waals surface area contributed by atoms with E-state index in [0.717, 1.165) is 12.8 Å². The summed E-state index contributed by atoms with van der Waals surface area (Å²) < 4.78 is 0. The minimum atomic E-state index is -0.177. The number of para-hydroxylation sites is 2. The zero-order valence-electron chi connectivity index (χ0n) is 12.4. The van der Waals surface area contributed by atoms with Gasteiger partial charge in [0.1, 0.15) is 5.75 Å². The molecular formula is C19H15NO2S. The van der Waals surface area contributed by atoms with Gasteiger partial charge in [-0.15, -0.1) is 11.3 Å². The van der Waals surface area contributed by atoms with Crippen molar-refractivity contribution in [2.24, 2.45) is 0 Å². The quantitative estimate of drug-likeness (QED) is 0.684. The minimum Gasteiger partial charge on any atom is -0.506 e. The standard InChI is InChI=1S/C19H15NO2S/c21-16-8-4-3-7-15(16)20-19(22)17-11-13-10-9-12-5-1-2-6-14(12)18(13)23-17/h1-8,11,21H,9-10H2,(H,20,22). The number of phenols is 1. The number of aromatic hydroxyl groups is 1. The molecule has 2 aromatic carbocycles. The van der Waals surface area contributed by atoms with Crippen LogP contribution in [0.1, 0.15) is 20.8 Å². The monoisotopic (exact) mass is 321 g/mol. The molecule has 1 aliphatic carbocycles. The number of rotatable bonds is 2. The number of anilines is 1. The van der Waals surface area contributed by atoms with Gasteiger partial charge in [-0.3, -0.25) is 4.79 Å². The van der Waals surface area contributed by atoms with Crippen LogP contribution in [0.5, 0.6) is 5.75 Å². The van der Waals surface area contributed by atoms with Crippen molar-refractivity contribution < 1.29 is 9.90 Å². The van der Waals surface area contributed by atoms with E-state index in [-0.39, 0.29) is 11.7 Å². The summed E-state index contributed by atoms with van der Waals surface area (Å²) in [6, 6.07) is 17.1. The number of hydrogen-bond acceptors (Lipinski definition) is 3. The molecule has 4 heteroatoms. The molecule has 2 N–H and O–H groups in total. The highest BCUT2D eigenvalue weighted by molar-refractivity contribution is 7.17. The second-order valence-corrected chi connectivity index (χ2v) is 6.65. The van der Waals surface area contributed by atoms with E-state index >= 15 is 0 Å². The first-order valence-corrected chi connectivity index (χ1v) is 8.34. The maximum absolute atomic E-state index is 12.5. The number of carbonyl (C=O) groups is 1. The van der Waals surface area contributed by atoms with Crippen LogP contribution in [0.15, 0.2) is 54.6 Å². The molecule has 1 amide bonds. The van der Waals surface area contributed by atoms with Crippen LogP contribution in [0.25, 0.3) is 10.4 Å². The molecule has 0 bridgehead atoms. The number of nitrogens with one attached hydrogen (secondary N) is 1. The van der Waals surface area contributed by atoms with E-state index in [4.69, 9.17) is 0 Å². The molecule has 1 aliphatic rings. The number of fused-ring (bicyclic) bond motifs is 3. The molecular weight excluding hydrogens is 306 g/mol. The largest absolute Gasteiger partial charge is 0.506 e. The number of aryl methyl sites for hydroxylation is 2. The fourth-order valence-electron chi connectivity index (χ4n) is 2.95. The van der Waals surface area contributed by atoms with Gasteiger partial charge in [0, 0.05) is 4.88 Å². The molecule has 23 heavy (non-hydrogen) atoms. The molecule has 0 aliphatic heterocycles. The van der Waals surface area contributed by atoms with Gasteiger partial charge in [-0.05, 0) is 47.7 Å². The molecule has 114 valence electrons. The number of benzene rings is 2. The third-order valence-electron chi connectivity index (χ3n) is 4.11. The Morgan fingerprint density at radius 2 is 1.74 bits per heavy atom. The molecule has 0 unspecified atom stereocenters. The van der Waals surface area contributed by atoms with E-state index in [1.165, 1.54) is 32.9 Å². The van der Waals surface area contributed by atoms with E-state index in [1.807, 2.05) is 12.1 Å². The summed E-state index contributed by atoms with van der Waals surface area (Å²) in [6.07, 6.45) is 1.98. The highest BCUT2D eigenvalue weighted by Crippen LogP contribution is 2.39. The van der Waals surface area contributed by atoms with E-state index in [9.17, 15) is 9.90 Å². The first-order chi connectivity index (χ1) is 11.2. The Labute approximate surface area is 138 Å². The Hall–Kier alpha value is -2.59. The second kappa shape index (κ2) is 5.56. The Kier molecular flexibility index (Phi) is 3.39. The Morgan fingerprint density at radius 3 is 2.61 bits per heavy atom. The molecule has 0 saturated carbocycles. The SMILES string of the molecule is O=C(Nc1ccccc1O)c1cc2c(s1)-c1ccccc1CC2. The van der Waals surface area contributed by atoms with Gasteiger partial charge in [0.15, 0.2) is 0 Å². The van der Waals surface area contributed by atoms with Crippen LogP contribution in [-0.2, 0) is 12.8 Å². The summed E-state index contributed by atoms with van der Waals surface area (Å²) in [7, 11) is 0. The van der Waals surface area contributed by atoms with Crippen LogP contribution in [0.2, 0.25) is 0 Å². The topological polar surface area (TPSA) is 49.3 Å². The Morgan fingerprint density at radius 1 is 1.00 bits per heavy atom. The highest BCUT2D eigenvalue weighted by Gasteiger charge is 2.21. The van der Waals surface area contributed by atoms with Crippen molar-refractivity contribution in [2.45, 2.75) is 12.8 Å². The normalized spacial score (nSPS) is 12.3. The first kappa shape index (κ1) is 14.0. The highest BCUT2D eigenvalue weighted by atomic mass is 32.1. The number of carbonyl (C=O) groups excluding carboxylic acids is 1. The number of thiophene rings is 1. The average molecular weight is 321 g/mol. The van der Waals surface area contributed by atoms with Crippen molar-refractivity contribution in [2.75, 3.05) is 5.32 Å². The van der Waals surface area contributed by atoms with Gasteiger partial charge < -0.3 is 10.4 Å². The van der Waals surface area contributed by atoms with Crippen LogP contribution < -0.4 is 5.32 Å². The molecule has 1 heterocycles. The molecule has 0 fully saturated rings. The summed E-state index contributed by atoms with van der Waals surface area (Å²) in [6.45, 7) is 0. The van der Waals surface area contributed by atoms with Crippen molar-refractivity contribution in [3.63, 3.8) is 0 Å². The number of amides is 1. The smallest absolute Gasteiger partial charge is 0.265 e. The molecule has 0 spiro atoms. The van der Waals surface area contributed by atoms with E-state index < -0.39 is 0 Å². The van der Waals surface area contributed by atoms with Crippen LogP contribution in [-0.4, -0.2) is 11.0 Å². The lowest BCUT2D eigenvalue weighted by molar-refractivity contribution is 0.103. The maximum atomic E-state index is 12.5. The summed E-state index contributed by atoms with van der Waals surface area (Å²) in [5.41, 5.74) is 4.25. The second-order valence-electron chi connectivity index (χ2n) is 5.59. The van der Waals surface area contributed by atoms with E-state index in [0.29, 0.717) is 10.6 Å². The summed E-state index contributed by atoms with van der Waals surface area (Å²) in [5, 5.41) is 12.6. The molecule has 3 nitrogen and oxygen atoms in total. The molecule has 3 aromatic rings. The molecule has 0 atom stereocenters. The van der Waals surface area contributed by atoms with Gasteiger partial charge in [0.05, 0.1) is 10.6 Å². The predicted molar refractivity (Wildman–Crippen MR) is 93.2 cm³/mol. The van der Waals surface area contributed by atoms with Gasteiger partial charge >= 0.3 is 0 Å². The Balaban J connectivity index is 1.66. The van der Waals surface area contributed by atoms with Crippen LogP contribution in [0.4, 0.5) is 5.69 Å². The number of hydrogen-bond donors (Lipinski definition) is 2. The summed E-state index contributed by atoms with van der Waals surface area (Å²) in [4.78, 5) is 14.3. The van der Waals surface area contributed by atoms with Crippen molar-refractivity contribution in [1.82, 2.24) is 0 Å². The lowest BCUT2D eigenvalue weighted by Crippen LogP contribution is -2.10. The van der Waals surface area contributed by atoms with Gasteiger partial charge in [-0.2, -0.15) is 0 Å². The van der Waals surface area contributed by atoms with Gasteiger partial charge in [0.25, 0.3) is 5.91 Å². The van der Waals surface area contributed by atoms with Crippen molar-refractivity contribution in [3.05, 3.63) is 70.6 Å². The zero-order chi connectivity index (χ0) is 15.8. The minimum absolute atomic E-state index is 0.0764. The lowest BCUT2D eigenvalue weighted by Gasteiger charge is -2.15. The van der Waals surface area contributed by atoms with Crippen LogP contribution >= 0.6 is 11.3 Å². The van der Waals surface area contributed by atoms with Crippen LogP contribution in [0.3, 0.4) is 0 Å². The lowest BCUT2D eigenvalue weighted by atomic mass is 9.91. The van der Waals surface area contributed by atoms with Gasteiger partial charge in [0.2, 0.25) is 0 Å². The van der Waals surface area contributed by atoms with E-state index in [2.05, 4.69) is 23.5 Å². The molecule has 4 rings (SSSR count). The van der Waals surface area contributed by atoms with E-state index in [1.54, 1.807) is 24.3 Å². The third-order valence-corrected chi connectivity index (χ3v) is 5.32. The number of phenolic OH excluding ortho intramolecular Hbond substituents is 1. The van der Waals surface area contributed by atoms with Crippen LogP contribution in [0, 0.1) is 0 Å². The fraction of sp³-hybridized carbons (Fsp3) is 0.105. The van der Waals surface area contributed by atoms with Gasteiger partial charge in [-0.1, -0.05) is 36.4 Å². The predicted octanol–water partition coefficient (Wildman–Crippen LogP) is 4.47. The average Bonchev–Trinajstić information content (AvgIpc) is 3.02. The fourth-order valence-corrected chi connectivity index (χ4v) is 4.11. The molecule has 1 aromatic heterocycles. The molecule has 0 saturated heterocycles. The third kappa shape index (κ3) is 2.51. The first-order valence-electron chi connectivity index (χ1n) is 7.53. The van der Waals surface area contributed by atoms with Crippen molar-refractivity contribution >= 4 is 22.9 Å². The zero-order valence-corrected chi connectivity index (χ0v) is 13.2. The molecule has 0 radical (unpaired) electrons. The summed E-state index contributed by atoms with van der Waals surface area (Å²) >= 11 is 1.52. The van der Waals surface area contributed by atoms with Gasteiger partial charge in [-0.25, -0.2) is 0 Å². The maximum Gasteiger partial charge on any atom is 0.265 e. The Bertz CT molecular complexity index is 898. The van der Waals surface area contributed by atoms with Crippen molar-refractivity contribution in [3.8, 4) is 16.2 Å². The summed E-state index contributed by atoms with van der Waals surface area (Å²) in [5.74, 6) is -0.101.